The number of hydrogen-bond acceptors (Lipinski definition) is 5. The van der Waals surface area contributed by atoms with Crippen LogP contribution in [-0.2, 0) is 10.0 Å². The standard InChI is InChI=1S/C14H21BrN2O4S/c1-9-6-10(4-5-16-9)17-22(18,19)14-8-13(21-3)12(20-2)7-11(14)15/h7-10,16-17H,4-6H2,1-3H3. The molecule has 0 radical (unpaired) electrons. The highest BCUT2D eigenvalue weighted by atomic mass is 79.9. The molecular weight excluding hydrogens is 372 g/mol. The molecule has 1 heterocycles. The zero-order valence-corrected chi connectivity index (χ0v) is 15.3. The minimum absolute atomic E-state index is 0.0683. The van der Waals surface area contributed by atoms with Crippen LogP contribution in [0, 0.1) is 0 Å². The summed E-state index contributed by atoms with van der Waals surface area (Å²) in [5.74, 6) is 0.855. The molecule has 1 aromatic carbocycles. The van der Waals surface area contributed by atoms with E-state index in [9.17, 15) is 8.42 Å². The summed E-state index contributed by atoms with van der Waals surface area (Å²) in [5, 5.41) is 3.30. The van der Waals surface area contributed by atoms with Gasteiger partial charge in [-0.05, 0) is 48.3 Å². The van der Waals surface area contributed by atoms with Crippen molar-refractivity contribution in [2.24, 2.45) is 0 Å². The number of ether oxygens (including phenoxy) is 2. The Kier molecular flexibility index (Phi) is 5.70. The first-order chi connectivity index (χ1) is 10.4. The van der Waals surface area contributed by atoms with E-state index in [2.05, 4.69) is 26.0 Å². The van der Waals surface area contributed by atoms with Crippen LogP contribution in [0.3, 0.4) is 0 Å². The lowest BCUT2D eigenvalue weighted by molar-refractivity contribution is 0.352. The molecule has 2 rings (SSSR count). The maximum atomic E-state index is 12.6. The number of halogens is 1. The SMILES string of the molecule is COc1cc(Br)c(S(=O)(=O)NC2CCNC(C)C2)cc1OC. The van der Waals surface area contributed by atoms with Crippen LogP contribution in [0.15, 0.2) is 21.5 Å². The number of sulfonamides is 1. The highest BCUT2D eigenvalue weighted by Gasteiger charge is 2.27. The zero-order chi connectivity index (χ0) is 16.3. The average Bonchev–Trinajstić information content (AvgIpc) is 2.46. The summed E-state index contributed by atoms with van der Waals surface area (Å²) < 4.78 is 38.9. The van der Waals surface area contributed by atoms with Gasteiger partial charge in [0.1, 0.15) is 4.90 Å². The Morgan fingerprint density at radius 1 is 1.27 bits per heavy atom. The lowest BCUT2D eigenvalue weighted by atomic mass is 10.0. The predicted molar refractivity (Wildman–Crippen MR) is 88.1 cm³/mol. The third kappa shape index (κ3) is 3.92. The van der Waals surface area contributed by atoms with Gasteiger partial charge in [-0.25, -0.2) is 13.1 Å². The average molecular weight is 393 g/mol. The zero-order valence-electron chi connectivity index (χ0n) is 12.8. The van der Waals surface area contributed by atoms with Gasteiger partial charge in [-0.1, -0.05) is 0 Å². The fraction of sp³-hybridized carbons (Fsp3) is 0.571. The molecule has 0 aromatic heterocycles. The molecule has 0 aliphatic carbocycles. The quantitative estimate of drug-likeness (QED) is 0.799. The van der Waals surface area contributed by atoms with Gasteiger partial charge in [0.15, 0.2) is 11.5 Å². The molecule has 1 aromatic rings. The lowest BCUT2D eigenvalue weighted by Gasteiger charge is -2.28. The van der Waals surface area contributed by atoms with Crippen LogP contribution in [0.5, 0.6) is 11.5 Å². The predicted octanol–water partition coefficient (Wildman–Crippen LogP) is 1.89. The number of hydrogen-bond donors (Lipinski definition) is 2. The molecule has 1 aliphatic heterocycles. The third-order valence-electron chi connectivity index (χ3n) is 3.67. The van der Waals surface area contributed by atoms with Crippen molar-refractivity contribution in [1.82, 2.24) is 10.0 Å². The Labute approximate surface area is 139 Å². The van der Waals surface area contributed by atoms with Gasteiger partial charge in [0, 0.05) is 22.6 Å². The normalized spacial score (nSPS) is 22.4. The fourth-order valence-corrected chi connectivity index (χ4v) is 4.88. The summed E-state index contributed by atoms with van der Waals surface area (Å²) in [6.45, 7) is 2.86. The molecule has 0 spiro atoms. The largest absolute Gasteiger partial charge is 0.493 e. The summed E-state index contributed by atoms with van der Waals surface area (Å²) in [4.78, 5) is 0.149. The van der Waals surface area contributed by atoms with Gasteiger partial charge in [0.05, 0.1) is 14.2 Å². The van der Waals surface area contributed by atoms with E-state index in [1.165, 1.54) is 20.3 Å². The summed E-state index contributed by atoms with van der Waals surface area (Å²) >= 11 is 3.30. The topological polar surface area (TPSA) is 76.7 Å². The van der Waals surface area contributed by atoms with E-state index >= 15 is 0 Å². The van der Waals surface area contributed by atoms with Crippen molar-refractivity contribution in [1.29, 1.82) is 0 Å². The number of piperidine rings is 1. The second kappa shape index (κ2) is 7.16. The van der Waals surface area contributed by atoms with Gasteiger partial charge in [-0.3, -0.25) is 0 Å². The summed E-state index contributed by atoms with van der Waals surface area (Å²) in [6, 6.07) is 3.30. The van der Waals surface area contributed by atoms with Crippen molar-refractivity contribution in [2.75, 3.05) is 20.8 Å². The van der Waals surface area contributed by atoms with E-state index in [1.54, 1.807) is 6.07 Å². The Balaban J connectivity index is 2.29. The number of benzene rings is 1. The van der Waals surface area contributed by atoms with Crippen LogP contribution in [0.25, 0.3) is 0 Å². The molecule has 1 saturated heterocycles. The minimum Gasteiger partial charge on any atom is -0.493 e. The molecular formula is C14H21BrN2O4S. The number of nitrogens with one attached hydrogen (secondary N) is 2. The van der Waals surface area contributed by atoms with Crippen LogP contribution in [0.2, 0.25) is 0 Å². The molecule has 22 heavy (non-hydrogen) atoms. The van der Waals surface area contributed by atoms with Crippen LogP contribution >= 0.6 is 15.9 Å². The maximum absolute atomic E-state index is 12.6. The van der Waals surface area contributed by atoms with Gasteiger partial charge in [-0.2, -0.15) is 0 Å². The maximum Gasteiger partial charge on any atom is 0.242 e. The van der Waals surface area contributed by atoms with E-state index in [4.69, 9.17) is 9.47 Å². The number of rotatable bonds is 5. The van der Waals surface area contributed by atoms with Crippen molar-refractivity contribution in [3.63, 3.8) is 0 Å². The van der Waals surface area contributed by atoms with E-state index in [0.29, 0.717) is 22.0 Å². The number of methoxy groups -OCH3 is 2. The Hall–Kier alpha value is -0.830. The second-order valence-electron chi connectivity index (χ2n) is 5.34. The van der Waals surface area contributed by atoms with E-state index in [-0.39, 0.29) is 10.9 Å². The molecule has 2 N–H and O–H groups in total. The second-order valence-corrected chi connectivity index (χ2v) is 7.87. The molecule has 0 bridgehead atoms. The summed E-state index contributed by atoms with van der Waals surface area (Å²) in [5.41, 5.74) is 0. The van der Waals surface area contributed by atoms with Crippen LogP contribution in [0.4, 0.5) is 0 Å². The van der Waals surface area contributed by atoms with Gasteiger partial charge < -0.3 is 14.8 Å². The van der Waals surface area contributed by atoms with Crippen molar-refractivity contribution in [3.05, 3.63) is 16.6 Å². The van der Waals surface area contributed by atoms with Gasteiger partial charge in [0.25, 0.3) is 0 Å². The first-order valence-electron chi connectivity index (χ1n) is 7.04. The van der Waals surface area contributed by atoms with Gasteiger partial charge in [0.2, 0.25) is 10.0 Å². The third-order valence-corrected chi connectivity index (χ3v) is 6.15. The van der Waals surface area contributed by atoms with Crippen molar-refractivity contribution in [3.8, 4) is 11.5 Å². The van der Waals surface area contributed by atoms with Crippen molar-refractivity contribution >= 4 is 26.0 Å². The fourth-order valence-electron chi connectivity index (χ4n) is 2.56. The van der Waals surface area contributed by atoms with Crippen LogP contribution < -0.4 is 19.5 Å². The molecule has 8 heteroatoms. The van der Waals surface area contributed by atoms with E-state index < -0.39 is 10.0 Å². The van der Waals surface area contributed by atoms with E-state index in [0.717, 1.165) is 19.4 Å². The summed E-state index contributed by atoms with van der Waals surface area (Å²) in [6.07, 6.45) is 1.54. The van der Waals surface area contributed by atoms with E-state index in [1.807, 2.05) is 6.92 Å². The molecule has 0 saturated carbocycles. The first-order valence-corrected chi connectivity index (χ1v) is 9.32. The minimum atomic E-state index is -3.63. The molecule has 1 fully saturated rings. The highest BCUT2D eigenvalue weighted by molar-refractivity contribution is 9.10. The van der Waals surface area contributed by atoms with Crippen LogP contribution in [-0.4, -0.2) is 41.3 Å². The molecule has 0 amide bonds. The van der Waals surface area contributed by atoms with Gasteiger partial charge >= 0.3 is 0 Å². The Bertz CT molecular complexity index is 636. The molecule has 2 unspecified atom stereocenters. The van der Waals surface area contributed by atoms with Crippen molar-refractivity contribution < 1.29 is 17.9 Å². The Morgan fingerprint density at radius 2 is 1.91 bits per heavy atom. The molecule has 124 valence electrons. The van der Waals surface area contributed by atoms with Crippen LogP contribution in [0.1, 0.15) is 19.8 Å². The summed E-state index contributed by atoms with van der Waals surface area (Å²) in [7, 11) is -0.648. The Morgan fingerprint density at radius 3 is 2.50 bits per heavy atom. The lowest BCUT2D eigenvalue weighted by Crippen LogP contribution is -2.46. The smallest absolute Gasteiger partial charge is 0.242 e. The highest BCUT2D eigenvalue weighted by Crippen LogP contribution is 2.35. The first kappa shape index (κ1) is 17.5. The molecule has 1 aliphatic rings. The molecule has 6 nitrogen and oxygen atoms in total. The van der Waals surface area contributed by atoms with Crippen molar-refractivity contribution in [2.45, 2.75) is 36.7 Å². The van der Waals surface area contributed by atoms with Gasteiger partial charge in [-0.15, -0.1) is 0 Å². The molecule has 2 atom stereocenters. The monoisotopic (exact) mass is 392 g/mol.